The molecule has 0 spiro atoms. The van der Waals surface area contributed by atoms with Crippen LogP contribution in [-0.2, 0) is 4.79 Å². The van der Waals surface area contributed by atoms with Crippen LogP contribution < -0.4 is 5.73 Å². The molecule has 1 atom stereocenters. The van der Waals surface area contributed by atoms with E-state index >= 15 is 0 Å². The van der Waals surface area contributed by atoms with Gasteiger partial charge < -0.3 is 10.8 Å². The quantitative estimate of drug-likeness (QED) is 0.648. The van der Waals surface area contributed by atoms with Gasteiger partial charge in [0.05, 0.1) is 18.0 Å². The van der Waals surface area contributed by atoms with E-state index in [1.54, 1.807) is 0 Å². The predicted molar refractivity (Wildman–Crippen MR) is 58.1 cm³/mol. The van der Waals surface area contributed by atoms with E-state index in [0.29, 0.717) is 6.07 Å². The average Bonchev–Trinajstić information content (AvgIpc) is 2.21. The van der Waals surface area contributed by atoms with Crippen molar-refractivity contribution < 1.29 is 27.9 Å². The summed E-state index contributed by atoms with van der Waals surface area (Å²) < 4.78 is 38.5. The van der Waals surface area contributed by atoms with Gasteiger partial charge in [0.15, 0.2) is 17.4 Å². The minimum Gasteiger partial charge on any atom is -0.481 e. The zero-order valence-electron chi connectivity index (χ0n) is 8.82. The summed E-state index contributed by atoms with van der Waals surface area (Å²) in [4.78, 5) is 21.7. The lowest BCUT2D eigenvalue weighted by Crippen LogP contribution is -2.33. The van der Waals surface area contributed by atoms with Gasteiger partial charge in [-0.05, 0) is 6.07 Å². The molecule has 1 aromatic rings. The molecule has 0 aromatic heterocycles. The van der Waals surface area contributed by atoms with E-state index in [1.165, 1.54) is 0 Å². The molecule has 0 heterocycles. The van der Waals surface area contributed by atoms with E-state index in [9.17, 15) is 22.8 Å². The fourth-order valence-electron chi connectivity index (χ4n) is 1.19. The maximum absolute atomic E-state index is 13.1. The molecular formula is C10H9ClF3NO3. The van der Waals surface area contributed by atoms with Crippen molar-refractivity contribution in [2.45, 2.75) is 12.5 Å². The van der Waals surface area contributed by atoms with Crippen LogP contribution in [0.5, 0.6) is 0 Å². The molecule has 0 aliphatic heterocycles. The van der Waals surface area contributed by atoms with Gasteiger partial charge in [-0.1, -0.05) is 0 Å². The summed E-state index contributed by atoms with van der Waals surface area (Å²) >= 11 is 0. The van der Waals surface area contributed by atoms with Gasteiger partial charge in [-0.2, -0.15) is 0 Å². The van der Waals surface area contributed by atoms with Crippen molar-refractivity contribution in [3.8, 4) is 0 Å². The largest absolute Gasteiger partial charge is 0.481 e. The zero-order chi connectivity index (χ0) is 13.2. The zero-order valence-corrected chi connectivity index (χ0v) is 9.64. The highest BCUT2D eigenvalue weighted by atomic mass is 35.5. The Morgan fingerprint density at radius 1 is 1.17 bits per heavy atom. The smallest absolute Gasteiger partial charge is 0.305 e. The standard InChI is InChI=1S/C10H8F3NO3.ClH/c11-5-2-7(13)6(12)1-4(5)10(17)8(14)3-9(15)16;/h1-2,8H,3,14H2,(H,15,16);1H/t8-;/m0./s1. The lowest BCUT2D eigenvalue weighted by Gasteiger charge is -2.09. The average molecular weight is 284 g/mol. The second-order valence-corrected chi connectivity index (χ2v) is 3.31. The first-order valence-electron chi connectivity index (χ1n) is 4.49. The summed E-state index contributed by atoms with van der Waals surface area (Å²) in [5, 5.41) is 8.39. The van der Waals surface area contributed by atoms with Crippen molar-refractivity contribution in [2.75, 3.05) is 0 Å². The number of halogens is 4. The molecule has 1 rings (SSSR count). The lowest BCUT2D eigenvalue weighted by atomic mass is 10.0. The molecule has 0 bridgehead atoms. The van der Waals surface area contributed by atoms with Crippen LogP contribution in [0.15, 0.2) is 12.1 Å². The van der Waals surface area contributed by atoms with E-state index in [-0.39, 0.29) is 18.5 Å². The Morgan fingerprint density at radius 3 is 2.17 bits per heavy atom. The molecular weight excluding hydrogens is 275 g/mol. The maximum Gasteiger partial charge on any atom is 0.305 e. The summed E-state index contributed by atoms with van der Waals surface area (Å²) in [5.74, 6) is -6.57. The van der Waals surface area contributed by atoms with Gasteiger partial charge in [0.1, 0.15) is 5.82 Å². The summed E-state index contributed by atoms with van der Waals surface area (Å²) in [6, 6.07) is -0.947. The first-order chi connectivity index (χ1) is 7.82. The Labute approximate surface area is 106 Å². The summed E-state index contributed by atoms with van der Waals surface area (Å²) in [7, 11) is 0. The van der Waals surface area contributed by atoms with Crippen LogP contribution in [0.2, 0.25) is 0 Å². The van der Waals surface area contributed by atoms with E-state index in [2.05, 4.69) is 0 Å². The van der Waals surface area contributed by atoms with Crippen molar-refractivity contribution in [1.82, 2.24) is 0 Å². The number of carboxylic acids is 1. The number of Topliss-reactive ketones (excluding diaryl/α,β-unsaturated/α-hetero) is 1. The van der Waals surface area contributed by atoms with E-state index in [1.807, 2.05) is 0 Å². The Bertz CT molecular complexity index is 482. The molecule has 8 heteroatoms. The third-order valence-electron chi connectivity index (χ3n) is 2.01. The number of carbonyl (C=O) groups is 2. The van der Waals surface area contributed by atoms with Gasteiger partial charge in [-0.25, -0.2) is 13.2 Å². The van der Waals surface area contributed by atoms with E-state index in [0.717, 1.165) is 0 Å². The minimum absolute atomic E-state index is 0. The van der Waals surface area contributed by atoms with Gasteiger partial charge in [0.25, 0.3) is 0 Å². The number of hydrogen-bond acceptors (Lipinski definition) is 3. The van der Waals surface area contributed by atoms with Crippen molar-refractivity contribution in [3.63, 3.8) is 0 Å². The third-order valence-corrected chi connectivity index (χ3v) is 2.01. The van der Waals surface area contributed by atoms with Crippen LogP contribution >= 0.6 is 12.4 Å². The highest BCUT2D eigenvalue weighted by molar-refractivity contribution is 6.01. The normalized spacial score (nSPS) is 11.6. The number of nitrogens with two attached hydrogens (primary N) is 1. The van der Waals surface area contributed by atoms with Crippen molar-refractivity contribution >= 4 is 24.2 Å². The number of hydrogen-bond donors (Lipinski definition) is 2. The summed E-state index contributed by atoms with van der Waals surface area (Å²) in [6.07, 6.45) is -0.725. The Kier molecular flexibility index (Phi) is 5.80. The lowest BCUT2D eigenvalue weighted by molar-refractivity contribution is -0.137. The van der Waals surface area contributed by atoms with Gasteiger partial charge in [0, 0.05) is 6.07 Å². The molecule has 0 fully saturated rings. The number of ketones is 1. The summed E-state index contributed by atoms with van der Waals surface area (Å²) in [6.45, 7) is 0. The van der Waals surface area contributed by atoms with Crippen LogP contribution in [-0.4, -0.2) is 22.9 Å². The number of benzene rings is 1. The molecule has 100 valence electrons. The molecule has 0 saturated heterocycles. The van der Waals surface area contributed by atoms with Gasteiger partial charge in [-0.3, -0.25) is 9.59 Å². The topological polar surface area (TPSA) is 80.4 Å². The van der Waals surface area contributed by atoms with Crippen molar-refractivity contribution in [3.05, 3.63) is 35.1 Å². The van der Waals surface area contributed by atoms with Crippen LogP contribution in [0.25, 0.3) is 0 Å². The van der Waals surface area contributed by atoms with E-state index in [4.69, 9.17) is 10.8 Å². The predicted octanol–water partition coefficient (Wildman–Crippen LogP) is 1.51. The number of aliphatic carboxylic acids is 1. The second-order valence-electron chi connectivity index (χ2n) is 3.31. The first-order valence-corrected chi connectivity index (χ1v) is 4.49. The molecule has 0 unspecified atom stereocenters. The third kappa shape index (κ3) is 3.71. The second kappa shape index (κ2) is 6.36. The minimum atomic E-state index is -1.51. The molecule has 0 radical (unpaired) electrons. The first kappa shape index (κ1) is 16.4. The number of rotatable bonds is 4. The molecule has 3 N–H and O–H groups in total. The van der Waals surface area contributed by atoms with Crippen LogP contribution in [0, 0.1) is 17.5 Å². The van der Waals surface area contributed by atoms with E-state index < -0.39 is 47.2 Å². The number of carbonyl (C=O) groups excluding carboxylic acids is 1. The SMILES string of the molecule is Cl.N[C@@H](CC(=O)O)C(=O)c1cc(F)c(F)cc1F. The number of carboxylic acid groups (broad SMARTS) is 1. The maximum atomic E-state index is 13.1. The van der Waals surface area contributed by atoms with Gasteiger partial charge in [0.2, 0.25) is 0 Å². The molecule has 1 aromatic carbocycles. The van der Waals surface area contributed by atoms with Crippen molar-refractivity contribution in [1.29, 1.82) is 0 Å². The van der Waals surface area contributed by atoms with Crippen molar-refractivity contribution in [2.24, 2.45) is 5.73 Å². The fourth-order valence-corrected chi connectivity index (χ4v) is 1.19. The summed E-state index contributed by atoms with van der Waals surface area (Å²) in [5.41, 5.74) is 4.43. The molecule has 0 saturated carbocycles. The van der Waals surface area contributed by atoms with Crippen LogP contribution in [0.3, 0.4) is 0 Å². The molecule has 18 heavy (non-hydrogen) atoms. The molecule has 0 aliphatic carbocycles. The highest BCUT2D eigenvalue weighted by Gasteiger charge is 2.23. The monoisotopic (exact) mass is 283 g/mol. The van der Waals surface area contributed by atoms with Gasteiger partial charge >= 0.3 is 5.97 Å². The van der Waals surface area contributed by atoms with Gasteiger partial charge in [-0.15, -0.1) is 12.4 Å². The Hall–Kier alpha value is -1.60. The van der Waals surface area contributed by atoms with Crippen LogP contribution in [0.1, 0.15) is 16.8 Å². The molecule has 0 aliphatic rings. The highest BCUT2D eigenvalue weighted by Crippen LogP contribution is 2.15. The fraction of sp³-hybridized carbons (Fsp3) is 0.200. The Balaban J connectivity index is 0.00000289. The molecule has 0 amide bonds. The molecule has 4 nitrogen and oxygen atoms in total. The van der Waals surface area contributed by atoms with Crippen LogP contribution in [0.4, 0.5) is 13.2 Å². The Morgan fingerprint density at radius 2 is 1.67 bits per heavy atom.